The molecule has 1 aromatic carbocycles. The average Bonchev–Trinajstić information content (AvgIpc) is 3.55. The first kappa shape index (κ1) is 20.5. The Morgan fingerprint density at radius 2 is 1.93 bits per heavy atom. The van der Waals surface area contributed by atoms with E-state index in [2.05, 4.69) is 0 Å². The summed E-state index contributed by atoms with van der Waals surface area (Å²) >= 11 is 0. The van der Waals surface area contributed by atoms with E-state index in [1.807, 2.05) is 0 Å². The molecule has 0 aromatic heterocycles. The molecule has 1 atom stereocenters. The zero-order chi connectivity index (χ0) is 20.8. The summed E-state index contributed by atoms with van der Waals surface area (Å²) in [6, 6.07) is 4.98. The van der Waals surface area contributed by atoms with E-state index in [1.165, 1.54) is 0 Å². The molecule has 0 heterocycles. The Hall–Kier alpha value is -1.76. The van der Waals surface area contributed by atoms with Crippen LogP contribution in [0.4, 0.5) is 8.78 Å². The van der Waals surface area contributed by atoms with E-state index in [0.717, 1.165) is 18.4 Å². The van der Waals surface area contributed by atoms with Gasteiger partial charge in [-0.2, -0.15) is 0 Å². The molecular weight excluding hydrogens is 398 g/mol. The molecule has 158 valence electrons. The Kier molecular flexibility index (Phi) is 5.30. The van der Waals surface area contributed by atoms with Gasteiger partial charge in [0.25, 0.3) is 0 Å². The summed E-state index contributed by atoms with van der Waals surface area (Å²) in [6.45, 7) is 1.88. The van der Waals surface area contributed by atoms with Crippen molar-refractivity contribution >= 4 is 21.4 Å². The number of allylic oxidation sites excluding steroid dienone is 1. The standard InChI is InChI=1S/C22H26F2O4S/c1-2-28-21(25)19(11-14-9-10-22(23,24)13-14)16-5-8-20(18(12-16)15-3-4-15)29(26,27)17-6-7-17/h5,8,11-12,14-15,17H,2-4,6-7,9-10,13H2,1H3/t14-/m1/s1. The minimum absolute atomic E-state index is 0.178. The van der Waals surface area contributed by atoms with Crippen LogP contribution in [0.1, 0.15) is 68.9 Å². The van der Waals surface area contributed by atoms with Crippen molar-refractivity contribution in [2.45, 2.75) is 73.9 Å². The normalized spacial score (nSPS) is 24.5. The molecule has 4 rings (SSSR count). The van der Waals surface area contributed by atoms with Gasteiger partial charge in [-0.05, 0) is 74.1 Å². The average molecular weight is 425 g/mol. The molecule has 0 aliphatic heterocycles. The topological polar surface area (TPSA) is 60.4 Å². The molecule has 0 spiro atoms. The maximum atomic E-state index is 13.6. The van der Waals surface area contributed by atoms with Crippen molar-refractivity contribution in [1.29, 1.82) is 0 Å². The van der Waals surface area contributed by atoms with E-state index in [9.17, 15) is 22.0 Å². The molecule has 7 heteroatoms. The number of hydrogen-bond acceptors (Lipinski definition) is 4. The van der Waals surface area contributed by atoms with Crippen LogP contribution < -0.4 is 0 Å². The fraction of sp³-hybridized carbons (Fsp3) is 0.591. The molecule has 0 amide bonds. The zero-order valence-electron chi connectivity index (χ0n) is 16.5. The number of alkyl halides is 2. The number of rotatable bonds is 7. The van der Waals surface area contributed by atoms with Gasteiger partial charge in [0.05, 0.1) is 22.3 Å². The molecular formula is C22H26F2O4S. The summed E-state index contributed by atoms with van der Waals surface area (Å²) in [4.78, 5) is 13.0. The lowest BCUT2D eigenvalue weighted by molar-refractivity contribution is -0.136. The highest BCUT2D eigenvalue weighted by Crippen LogP contribution is 2.47. The molecule has 0 saturated heterocycles. The van der Waals surface area contributed by atoms with Crippen LogP contribution in [0.3, 0.4) is 0 Å². The molecule has 4 nitrogen and oxygen atoms in total. The minimum atomic E-state index is -3.35. The Balaban J connectivity index is 1.73. The quantitative estimate of drug-likeness (QED) is 0.462. The largest absolute Gasteiger partial charge is 0.462 e. The van der Waals surface area contributed by atoms with Crippen molar-refractivity contribution in [3.05, 3.63) is 35.4 Å². The maximum absolute atomic E-state index is 13.6. The van der Waals surface area contributed by atoms with Crippen LogP contribution in [0.2, 0.25) is 0 Å². The van der Waals surface area contributed by atoms with Crippen LogP contribution in [0.25, 0.3) is 5.57 Å². The van der Waals surface area contributed by atoms with E-state index in [4.69, 9.17) is 4.74 Å². The van der Waals surface area contributed by atoms with Gasteiger partial charge in [-0.3, -0.25) is 0 Å². The first-order valence-corrected chi connectivity index (χ1v) is 11.9. The lowest BCUT2D eigenvalue weighted by Gasteiger charge is -2.15. The van der Waals surface area contributed by atoms with Gasteiger partial charge in [0.1, 0.15) is 0 Å². The van der Waals surface area contributed by atoms with Gasteiger partial charge in [-0.25, -0.2) is 22.0 Å². The second-order valence-corrected chi connectivity index (χ2v) is 10.6. The van der Waals surface area contributed by atoms with Gasteiger partial charge < -0.3 is 4.74 Å². The van der Waals surface area contributed by atoms with Crippen LogP contribution in [0, 0.1) is 5.92 Å². The van der Waals surface area contributed by atoms with E-state index in [-0.39, 0.29) is 36.2 Å². The Morgan fingerprint density at radius 3 is 2.48 bits per heavy atom. The summed E-state index contributed by atoms with van der Waals surface area (Å²) in [7, 11) is -3.35. The second kappa shape index (κ2) is 7.49. The van der Waals surface area contributed by atoms with Gasteiger partial charge in [0, 0.05) is 12.8 Å². The summed E-state index contributed by atoms with van der Waals surface area (Å²) in [5.74, 6) is -3.48. The molecule has 3 aliphatic rings. The number of ether oxygens (including phenoxy) is 1. The molecule has 0 unspecified atom stereocenters. The van der Waals surface area contributed by atoms with Crippen molar-refractivity contribution in [3.8, 4) is 0 Å². The highest BCUT2D eigenvalue weighted by atomic mass is 32.2. The third-order valence-corrected chi connectivity index (χ3v) is 8.28. The predicted molar refractivity (Wildman–Crippen MR) is 106 cm³/mol. The van der Waals surface area contributed by atoms with Gasteiger partial charge >= 0.3 is 5.97 Å². The summed E-state index contributed by atoms with van der Waals surface area (Å²) in [5.41, 5.74) is 1.56. The molecule has 29 heavy (non-hydrogen) atoms. The number of esters is 1. The number of halogens is 2. The van der Waals surface area contributed by atoms with Crippen molar-refractivity contribution < 1.29 is 26.7 Å². The summed E-state index contributed by atoms with van der Waals surface area (Å²) < 4.78 is 58.1. The van der Waals surface area contributed by atoms with E-state index >= 15 is 0 Å². The monoisotopic (exact) mass is 424 g/mol. The van der Waals surface area contributed by atoms with E-state index in [1.54, 1.807) is 31.2 Å². The number of sulfone groups is 1. The summed E-state index contributed by atoms with van der Waals surface area (Å²) in [6.07, 6.45) is 4.68. The van der Waals surface area contributed by atoms with E-state index < -0.39 is 27.6 Å². The van der Waals surface area contributed by atoms with Crippen LogP contribution in [-0.4, -0.2) is 32.2 Å². The highest BCUT2D eigenvalue weighted by Gasteiger charge is 2.41. The molecule has 0 bridgehead atoms. The lowest BCUT2D eigenvalue weighted by Crippen LogP contribution is -2.13. The lowest BCUT2D eigenvalue weighted by atomic mass is 9.96. The summed E-state index contributed by atoms with van der Waals surface area (Å²) in [5, 5.41) is -0.299. The molecule has 3 aliphatic carbocycles. The Labute approximate surface area is 170 Å². The second-order valence-electron chi connectivity index (χ2n) is 8.43. The Morgan fingerprint density at radius 1 is 1.21 bits per heavy atom. The molecule has 1 aromatic rings. The maximum Gasteiger partial charge on any atom is 0.338 e. The van der Waals surface area contributed by atoms with E-state index in [0.29, 0.717) is 29.7 Å². The first-order valence-electron chi connectivity index (χ1n) is 10.4. The van der Waals surface area contributed by atoms with Gasteiger partial charge in [0.15, 0.2) is 9.84 Å². The van der Waals surface area contributed by atoms with Crippen LogP contribution in [0.5, 0.6) is 0 Å². The number of benzene rings is 1. The predicted octanol–water partition coefficient (Wildman–Crippen LogP) is 4.88. The third kappa shape index (κ3) is 4.39. The molecule has 3 fully saturated rings. The van der Waals surface area contributed by atoms with Gasteiger partial charge in [-0.1, -0.05) is 12.1 Å². The van der Waals surface area contributed by atoms with Gasteiger partial charge in [-0.15, -0.1) is 0 Å². The fourth-order valence-corrected chi connectivity index (χ4v) is 6.03. The van der Waals surface area contributed by atoms with Crippen LogP contribution in [0.15, 0.2) is 29.2 Å². The van der Waals surface area contributed by atoms with Gasteiger partial charge in [0.2, 0.25) is 5.92 Å². The molecule has 0 radical (unpaired) electrons. The van der Waals surface area contributed by atoms with Crippen LogP contribution >= 0.6 is 0 Å². The van der Waals surface area contributed by atoms with Crippen molar-refractivity contribution in [1.82, 2.24) is 0 Å². The van der Waals surface area contributed by atoms with Crippen molar-refractivity contribution in [2.24, 2.45) is 5.92 Å². The SMILES string of the molecule is CCOC(=O)C(=C[C@H]1CCC(F)(F)C1)c1ccc(S(=O)(=O)C2CC2)c(C2CC2)c1. The first-order chi connectivity index (χ1) is 13.7. The van der Waals surface area contributed by atoms with Crippen molar-refractivity contribution in [2.75, 3.05) is 6.61 Å². The van der Waals surface area contributed by atoms with Crippen molar-refractivity contribution in [3.63, 3.8) is 0 Å². The third-order valence-electron chi connectivity index (χ3n) is 5.95. The number of carbonyl (C=O) groups excluding carboxylic acids is 1. The Bertz CT molecular complexity index is 944. The minimum Gasteiger partial charge on any atom is -0.462 e. The smallest absolute Gasteiger partial charge is 0.338 e. The number of hydrogen-bond donors (Lipinski definition) is 0. The number of carbonyl (C=O) groups is 1. The van der Waals surface area contributed by atoms with Crippen LogP contribution in [-0.2, 0) is 19.4 Å². The molecule has 3 saturated carbocycles. The highest BCUT2D eigenvalue weighted by molar-refractivity contribution is 7.92. The zero-order valence-corrected chi connectivity index (χ0v) is 17.3. The molecule has 0 N–H and O–H groups in total. The fourth-order valence-electron chi connectivity index (χ4n) is 4.10.